The number of hydrogen-bond donors (Lipinski definition) is 2. The Bertz CT molecular complexity index is 659. The SMILES string of the molecule is N#Cc1cc(F)ccc1NC(N)=NCc1ccccc1. The van der Waals surface area contributed by atoms with Gasteiger partial charge >= 0.3 is 0 Å². The smallest absolute Gasteiger partial charge is 0.193 e. The summed E-state index contributed by atoms with van der Waals surface area (Å²) in [7, 11) is 0. The third-order valence-electron chi connectivity index (χ3n) is 2.64. The number of aliphatic imine (C=N–C) groups is 1. The highest BCUT2D eigenvalue weighted by Gasteiger charge is 2.04. The molecule has 20 heavy (non-hydrogen) atoms. The minimum atomic E-state index is -0.466. The van der Waals surface area contributed by atoms with Crippen LogP contribution in [0.5, 0.6) is 0 Å². The molecular formula is C15H13FN4. The van der Waals surface area contributed by atoms with Gasteiger partial charge in [-0.3, -0.25) is 0 Å². The zero-order valence-corrected chi connectivity index (χ0v) is 10.7. The molecule has 0 bridgehead atoms. The summed E-state index contributed by atoms with van der Waals surface area (Å²) in [6.45, 7) is 0.433. The van der Waals surface area contributed by atoms with E-state index in [1.807, 2.05) is 36.4 Å². The van der Waals surface area contributed by atoms with Gasteiger partial charge in [-0.05, 0) is 23.8 Å². The fourth-order valence-corrected chi connectivity index (χ4v) is 1.66. The summed E-state index contributed by atoms with van der Waals surface area (Å²) in [5, 5.41) is 11.7. The molecular weight excluding hydrogens is 255 g/mol. The van der Waals surface area contributed by atoms with Crippen LogP contribution in [0.25, 0.3) is 0 Å². The Balaban J connectivity index is 2.08. The minimum Gasteiger partial charge on any atom is -0.370 e. The quantitative estimate of drug-likeness (QED) is 0.663. The Hall–Kier alpha value is -2.87. The second-order valence-electron chi connectivity index (χ2n) is 4.11. The van der Waals surface area contributed by atoms with Crippen molar-refractivity contribution >= 4 is 11.6 Å². The first-order chi connectivity index (χ1) is 9.69. The van der Waals surface area contributed by atoms with Crippen LogP contribution in [0.4, 0.5) is 10.1 Å². The van der Waals surface area contributed by atoms with E-state index in [0.29, 0.717) is 12.2 Å². The van der Waals surface area contributed by atoms with Crippen LogP contribution in [0.1, 0.15) is 11.1 Å². The van der Waals surface area contributed by atoms with Gasteiger partial charge in [0.05, 0.1) is 17.8 Å². The van der Waals surface area contributed by atoms with E-state index in [9.17, 15) is 4.39 Å². The predicted molar refractivity (Wildman–Crippen MR) is 76.5 cm³/mol. The van der Waals surface area contributed by atoms with Gasteiger partial charge in [0.2, 0.25) is 0 Å². The molecule has 2 aromatic rings. The monoisotopic (exact) mass is 268 g/mol. The molecule has 2 rings (SSSR count). The zero-order chi connectivity index (χ0) is 14.4. The summed E-state index contributed by atoms with van der Waals surface area (Å²) < 4.78 is 13.0. The van der Waals surface area contributed by atoms with E-state index in [1.165, 1.54) is 12.1 Å². The summed E-state index contributed by atoms with van der Waals surface area (Å²) in [5.41, 5.74) is 7.39. The van der Waals surface area contributed by atoms with Crippen molar-refractivity contribution in [1.29, 1.82) is 5.26 Å². The number of halogens is 1. The summed E-state index contributed by atoms with van der Waals surface area (Å²) in [4.78, 5) is 4.17. The molecule has 0 radical (unpaired) electrons. The number of hydrogen-bond acceptors (Lipinski definition) is 2. The van der Waals surface area contributed by atoms with Crippen LogP contribution in [0.15, 0.2) is 53.5 Å². The molecule has 0 aromatic heterocycles. The fourth-order valence-electron chi connectivity index (χ4n) is 1.66. The Morgan fingerprint density at radius 1 is 1.25 bits per heavy atom. The van der Waals surface area contributed by atoms with Gasteiger partial charge in [0.15, 0.2) is 5.96 Å². The molecule has 2 aromatic carbocycles. The molecule has 0 aliphatic heterocycles. The highest BCUT2D eigenvalue weighted by molar-refractivity contribution is 5.93. The average molecular weight is 268 g/mol. The molecule has 0 heterocycles. The number of nitrogens with zero attached hydrogens (tertiary/aromatic N) is 2. The summed E-state index contributed by atoms with van der Waals surface area (Å²) in [6.07, 6.45) is 0. The number of nitrogens with two attached hydrogens (primary N) is 1. The van der Waals surface area contributed by atoms with Crippen molar-refractivity contribution < 1.29 is 4.39 Å². The van der Waals surface area contributed by atoms with Crippen LogP contribution in [-0.2, 0) is 6.54 Å². The average Bonchev–Trinajstić information content (AvgIpc) is 2.48. The van der Waals surface area contributed by atoms with Gasteiger partial charge in [-0.15, -0.1) is 0 Å². The molecule has 0 saturated heterocycles. The largest absolute Gasteiger partial charge is 0.370 e. The molecule has 0 amide bonds. The highest BCUT2D eigenvalue weighted by Crippen LogP contribution is 2.15. The molecule has 5 heteroatoms. The van der Waals surface area contributed by atoms with E-state index in [2.05, 4.69) is 10.3 Å². The first kappa shape index (κ1) is 13.6. The lowest BCUT2D eigenvalue weighted by Crippen LogP contribution is -2.23. The van der Waals surface area contributed by atoms with E-state index in [0.717, 1.165) is 11.6 Å². The maximum atomic E-state index is 13.0. The predicted octanol–water partition coefficient (Wildman–Crippen LogP) is 2.62. The second kappa shape index (κ2) is 6.34. The molecule has 0 saturated carbocycles. The van der Waals surface area contributed by atoms with Gasteiger partial charge in [-0.2, -0.15) is 5.26 Å². The van der Waals surface area contributed by atoms with E-state index in [4.69, 9.17) is 11.0 Å². The third-order valence-corrected chi connectivity index (χ3v) is 2.64. The van der Waals surface area contributed by atoms with Crippen molar-refractivity contribution in [3.05, 3.63) is 65.5 Å². The van der Waals surface area contributed by atoms with Crippen LogP contribution in [0.2, 0.25) is 0 Å². The van der Waals surface area contributed by atoms with Crippen LogP contribution >= 0.6 is 0 Å². The lowest BCUT2D eigenvalue weighted by atomic mass is 10.2. The van der Waals surface area contributed by atoms with Crippen LogP contribution in [-0.4, -0.2) is 5.96 Å². The lowest BCUT2D eigenvalue weighted by Gasteiger charge is -2.07. The van der Waals surface area contributed by atoms with Crippen molar-refractivity contribution in [3.63, 3.8) is 0 Å². The molecule has 0 aliphatic carbocycles. The molecule has 100 valence electrons. The van der Waals surface area contributed by atoms with Crippen molar-refractivity contribution in [2.45, 2.75) is 6.54 Å². The van der Waals surface area contributed by atoms with Crippen molar-refractivity contribution in [3.8, 4) is 6.07 Å². The highest BCUT2D eigenvalue weighted by atomic mass is 19.1. The molecule has 0 fully saturated rings. The third kappa shape index (κ3) is 3.56. The van der Waals surface area contributed by atoms with Crippen LogP contribution < -0.4 is 11.1 Å². The van der Waals surface area contributed by atoms with Gasteiger partial charge in [-0.1, -0.05) is 30.3 Å². The van der Waals surface area contributed by atoms with Gasteiger partial charge in [0.25, 0.3) is 0 Å². The second-order valence-corrected chi connectivity index (χ2v) is 4.11. The number of anilines is 1. The van der Waals surface area contributed by atoms with Gasteiger partial charge in [0.1, 0.15) is 11.9 Å². The molecule has 3 N–H and O–H groups in total. The van der Waals surface area contributed by atoms with Gasteiger partial charge in [0, 0.05) is 0 Å². The molecule has 0 atom stereocenters. The number of nitriles is 1. The van der Waals surface area contributed by atoms with Crippen molar-refractivity contribution in [2.24, 2.45) is 10.7 Å². The van der Waals surface area contributed by atoms with Crippen LogP contribution in [0.3, 0.4) is 0 Å². The molecule has 0 unspecified atom stereocenters. The summed E-state index contributed by atoms with van der Waals surface area (Å²) in [5.74, 6) is -0.288. The Kier molecular flexibility index (Phi) is 4.30. The van der Waals surface area contributed by atoms with E-state index < -0.39 is 5.82 Å². The summed E-state index contributed by atoms with van der Waals surface area (Å²) in [6, 6.07) is 15.4. The van der Waals surface area contributed by atoms with Gasteiger partial charge < -0.3 is 11.1 Å². The standard InChI is InChI=1S/C15H13FN4/c16-13-6-7-14(12(8-13)9-17)20-15(18)19-10-11-4-2-1-3-5-11/h1-8H,10H2,(H3,18,19,20). The fraction of sp³-hybridized carbons (Fsp3) is 0.0667. The maximum absolute atomic E-state index is 13.0. The van der Waals surface area contributed by atoms with E-state index >= 15 is 0 Å². The van der Waals surface area contributed by atoms with Crippen molar-refractivity contribution in [1.82, 2.24) is 0 Å². The first-order valence-electron chi connectivity index (χ1n) is 5.99. The maximum Gasteiger partial charge on any atom is 0.193 e. The molecule has 0 spiro atoms. The Morgan fingerprint density at radius 3 is 2.70 bits per heavy atom. The number of rotatable bonds is 3. The Morgan fingerprint density at radius 2 is 2.00 bits per heavy atom. The topological polar surface area (TPSA) is 74.2 Å². The number of benzene rings is 2. The minimum absolute atomic E-state index is 0.178. The van der Waals surface area contributed by atoms with E-state index in [-0.39, 0.29) is 11.5 Å². The first-order valence-corrected chi connectivity index (χ1v) is 5.99. The number of nitrogens with one attached hydrogen (secondary N) is 1. The van der Waals surface area contributed by atoms with Crippen LogP contribution in [0, 0.1) is 17.1 Å². The van der Waals surface area contributed by atoms with E-state index in [1.54, 1.807) is 0 Å². The zero-order valence-electron chi connectivity index (χ0n) is 10.7. The van der Waals surface area contributed by atoms with Crippen molar-refractivity contribution in [2.75, 3.05) is 5.32 Å². The molecule has 4 nitrogen and oxygen atoms in total. The lowest BCUT2D eigenvalue weighted by molar-refractivity contribution is 0.627. The Labute approximate surface area is 116 Å². The normalized spacial score (nSPS) is 10.9. The number of guanidine groups is 1. The van der Waals surface area contributed by atoms with Gasteiger partial charge in [-0.25, -0.2) is 9.38 Å². The molecule has 0 aliphatic rings. The summed E-state index contributed by atoms with van der Waals surface area (Å²) >= 11 is 0.